The Morgan fingerprint density at radius 2 is 1.79 bits per heavy atom. The highest BCUT2D eigenvalue weighted by Crippen LogP contribution is 2.39. The first-order valence-corrected chi connectivity index (χ1v) is 9.47. The Hall–Kier alpha value is -3.13. The third-order valence-corrected chi connectivity index (χ3v) is 5.13. The average molecular weight is 396 g/mol. The van der Waals surface area contributed by atoms with Gasteiger partial charge in [0.2, 0.25) is 17.5 Å². The first kappa shape index (κ1) is 19.2. The molecule has 1 saturated heterocycles. The molecule has 8 nitrogen and oxygen atoms in total. The molecule has 1 aromatic carbocycles. The molecule has 1 fully saturated rings. The van der Waals surface area contributed by atoms with Crippen molar-refractivity contribution in [2.75, 3.05) is 34.4 Å². The van der Waals surface area contributed by atoms with Crippen molar-refractivity contribution in [2.45, 2.75) is 18.9 Å². The molecular formula is C21H24N4O4. The summed E-state index contributed by atoms with van der Waals surface area (Å²) in [5.74, 6) is 3.44. The number of pyridine rings is 1. The molecule has 4 rings (SSSR count). The molecule has 1 aliphatic heterocycles. The standard InChI is InChI=1S/C21H24N4O4/c1-26-17-10-14(11-18(27-2)19(17)28-3)12-25-9-6-16(13-25)21-23-20(24-29-21)15-4-7-22-8-5-15/h4-5,7-8,10-11,16H,6,9,12-13H2,1-3H3. The summed E-state index contributed by atoms with van der Waals surface area (Å²) in [4.78, 5) is 11.0. The van der Waals surface area contributed by atoms with E-state index < -0.39 is 0 Å². The molecule has 0 aliphatic carbocycles. The number of rotatable bonds is 7. The lowest BCUT2D eigenvalue weighted by Gasteiger charge is -2.18. The maximum Gasteiger partial charge on any atom is 0.231 e. The summed E-state index contributed by atoms with van der Waals surface area (Å²) in [5.41, 5.74) is 2.01. The van der Waals surface area contributed by atoms with Crippen molar-refractivity contribution in [3.63, 3.8) is 0 Å². The van der Waals surface area contributed by atoms with Crippen LogP contribution in [0.25, 0.3) is 11.4 Å². The number of hydrogen-bond donors (Lipinski definition) is 0. The van der Waals surface area contributed by atoms with Crippen molar-refractivity contribution in [1.29, 1.82) is 0 Å². The minimum absolute atomic E-state index is 0.222. The fraction of sp³-hybridized carbons (Fsp3) is 0.381. The normalized spacial score (nSPS) is 16.7. The summed E-state index contributed by atoms with van der Waals surface area (Å²) < 4.78 is 21.9. The van der Waals surface area contributed by atoms with Crippen molar-refractivity contribution in [2.24, 2.45) is 0 Å². The molecule has 0 spiro atoms. The van der Waals surface area contributed by atoms with Gasteiger partial charge < -0.3 is 18.7 Å². The van der Waals surface area contributed by atoms with E-state index in [4.69, 9.17) is 18.7 Å². The largest absolute Gasteiger partial charge is 0.493 e. The van der Waals surface area contributed by atoms with Crippen LogP contribution in [0.2, 0.25) is 0 Å². The number of hydrogen-bond acceptors (Lipinski definition) is 8. The van der Waals surface area contributed by atoms with E-state index in [0.29, 0.717) is 29.0 Å². The van der Waals surface area contributed by atoms with E-state index in [0.717, 1.165) is 37.2 Å². The highest BCUT2D eigenvalue weighted by molar-refractivity contribution is 5.54. The van der Waals surface area contributed by atoms with E-state index in [1.165, 1.54) is 0 Å². The molecule has 0 radical (unpaired) electrons. The van der Waals surface area contributed by atoms with Gasteiger partial charge in [-0.1, -0.05) is 5.16 Å². The van der Waals surface area contributed by atoms with Crippen molar-refractivity contribution in [3.05, 3.63) is 48.1 Å². The van der Waals surface area contributed by atoms with Gasteiger partial charge in [-0.3, -0.25) is 9.88 Å². The molecular weight excluding hydrogens is 372 g/mol. The monoisotopic (exact) mass is 396 g/mol. The van der Waals surface area contributed by atoms with Crippen LogP contribution in [0.15, 0.2) is 41.2 Å². The Morgan fingerprint density at radius 3 is 2.45 bits per heavy atom. The predicted molar refractivity (Wildman–Crippen MR) is 106 cm³/mol. The second kappa shape index (κ2) is 8.48. The van der Waals surface area contributed by atoms with Crippen LogP contribution in [0.1, 0.15) is 23.8 Å². The molecule has 0 bridgehead atoms. The predicted octanol–water partition coefficient (Wildman–Crippen LogP) is 3.15. The van der Waals surface area contributed by atoms with Gasteiger partial charge in [-0.2, -0.15) is 4.98 Å². The van der Waals surface area contributed by atoms with Crippen LogP contribution in [-0.2, 0) is 6.54 Å². The number of aromatic nitrogens is 3. The van der Waals surface area contributed by atoms with Crippen LogP contribution in [0.5, 0.6) is 17.2 Å². The Balaban J connectivity index is 1.45. The molecule has 3 aromatic rings. The highest BCUT2D eigenvalue weighted by Gasteiger charge is 2.29. The zero-order chi connectivity index (χ0) is 20.2. The fourth-order valence-corrected chi connectivity index (χ4v) is 3.68. The van der Waals surface area contributed by atoms with E-state index >= 15 is 0 Å². The van der Waals surface area contributed by atoms with Gasteiger partial charge in [0.1, 0.15) is 0 Å². The van der Waals surface area contributed by atoms with Gasteiger partial charge in [-0.05, 0) is 42.8 Å². The highest BCUT2D eigenvalue weighted by atomic mass is 16.5. The average Bonchev–Trinajstić information content (AvgIpc) is 3.43. The zero-order valence-corrected chi connectivity index (χ0v) is 16.8. The third kappa shape index (κ3) is 4.02. The SMILES string of the molecule is COc1cc(CN2CCC(c3nc(-c4ccncc4)no3)C2)cc(OC)c1OC. The number of methoxy groups -OCH3 is 3. The Labute approximate surface area is 169 Å². The molecule has 0 saturated carbocycles. The van der Waals surface area contributed by atoms with Crippen molar-refractivity contribution < 1.29 is 18.7 Å². The van der Waals surface area contributed by atoms with Crippen molar-refractivity contribution >= 4 is 0 Å². The molecule has 3 heterocycles. The number of ether oxygens (including phenoxy) is 3. The lowest BCUT2D eigenvalue weighted by atomic mass is 10.1. The molecule has 0 amide bonds. The van der Waals surface area contributed by atoms with Crippen LogP contribution < -0.4 is 14.2 Å². The second-order valence-corrected chi connectivity index (χ2v) is 6.95. The zero-order valence-electron chi connectivity index (χ0n) is 16.8. The Morgan fingerprint density at radius 1 is 1.07 bits per heavy atom. The molecule has 2 aromatic heterocycles. The van der Waals surface area contributed by atoms with E-state index in [1.54, 1.807) is 33.7 Å². The summed E-state index contributed by atoms with van der Waals surface area (Å²) in [7, 11) is 4.86. The molecule has 1 atom stereocenters. The summed E-state index contributed by atoms with van der Waals surface area (Å²) in [5, 5.41) is 4.13. The quantitative estimate of drug-likeness (QED) is 0.602. The summed E-state index contributed by atoms with van der Waals surface area (Å²) >= 11 is 0. The van der Waals surface area contributed by atoms with Gasteiger partial charge in [-0.25, -0.2) is 0 Å². The van der Waals surface area contributed by atoms with Crippen LogP contribution in [0.3, 0.4) is 0 Å². The lowest BCUT2D eigenvalue weighted by molar-refractivity contribution is 0.303. The summed E-state index contributed by atoms with van der Waals surface area (Å²) in [6.07, 6.45) is 4.42. The number of benzene rings is 1. The Kier molecular flexibility index (Phi) is 5.62. The first-order valence-electron chi connectivity index (χ1n) is 9.47. The van der Waals surface area contributed by atoms with Crippen LogP contribution in [0.4, 0.5) is 0 Å². The molecule has 1 unspecified atom stereocenters. The van der Waals surface area contributed by atoms with Gasteiger partial charge in [-0.15, -0.1) is 0 Å². The van der Waals surface area contributed by atoms with Crippen LogP contribution in [0, 0.1) is 0 Å². The van der Waals surface area contributed by atoms with Crippen LogP contribution >= 0.6 is 0 Å². The van der Waals surface area contributed by atoms with E-state index in [2.05, 4.69) is 20.0 Å². The number of likely N-dealkylation sites (tertiary alicyclic amines) is 1. The topological polar surface area (TPSA) is 82.7 Å². The molecule has 8 heteroatoms. The minimum Gasteiger partial charge on any atom is -0.493 e. The summed E-state index contributed by atoms with van der Waals surface area (Å²) in [6, 6.07) is 7.73. The summed E-state index contributed by atoms with van der Waals surface area (Å²) in [6.45, 7) is 2.58. The van der Waals surface area contributed by atoms with Gasteiger partial charge in [0.15, 0.2) is 11.5 Å². The Bertz CT molecular complexity index is 935. The second-order valence-electron chi connectivity index (χ2n) is 6.95. The molecule has 29 heavy (non-hydrogen) atoms. The van der Waals surface area contributed by atoms with E-state index in [1.807, 2.05) is 24.3 Å². The van der Waals surface area contributed by atoms with E-state index in [9.17, 15) is 0 Å². The lowest BCUT2D eigenvalue weighted by Crippen LogP contribution is -2.20. The van der Waals surface area contributed by atoms with Crippen molar-refractivity contribution in [1.82, 2.24) is 20.0 Å². The van der Waals surface area contributed by atoms with Crippen LogP contribution in [-0.4, -0.2) is 54.4 Å². The molecule has 152 valence electrons. The molecule has 0 N–H and O–H groups in total. The molecule has 1 aliphatic rings. The van der Waals surface area contributed by atoms with Gasteiger partial charge in [0.05, 0.1) is 27.2 Å². The van der Waals surface area contributed by atoms with Crippen molar-refractivity contribution in [3.8, 4) is 28.6 Å². The smallest absolute Gasteiger partial charge is 0.231 e. The van der Waals surface area contributed by atoms with E-state index in [-0.39, 0.29) is 5.92 Å². The van der Waals surface area contributed by atoms with Gasteiger partial charge in [0, 0.05) is 31.0 Å². The number of nitrogens with zero attached hydrogens (tertiary/aromatic N) is 4. The fourth-order valence-electron chi connectivity index (χ4n) is 3.68. The minimum atomic E-state index is 0.222. The van der Waals surface area contributed by atoms with Gasteiger partial charge in [0.25, 0.3) is 0 Å². The maximum atomic E-state index is 5.54. The van der Waals surface area contributed by atoms with Gasteiger partial charge >= 0.3 is 0 Å². The third-order valence-electron chi connectivity index (χ3n) is 5.13. The maximum absolute atomic E-state index is 5.54. The first-order chi connectivity index (χ1) is 14.2.